The normalized spacial score (nSPS) is 24.4. The SMILES string of the molecule is Cc1ccc(C2=NN(C(=O)C[NH+]3CCC(C(N)=O)CC3)[C@@H](c3ccco3)C2)cc1. The average molecular weight is 395 g/mol. The summed E-state index contributed by atoms with van der Waals surface area (Å²) in [5.74, 6) is 0.412. The Morgan fingerprint density at radius 2 is 1.93 bits per heavy atom. The molecule has 0 unspecified atom stereocenters. The molecule has 29 heavy (non-hydrogen) atoms. The second-order valence-corrected chi connectivity index (χ2v) is 7.99. The standard InChI is InChI=1S/C22H26N4O3/c1-15-4-6-16(7-5-15)18-13-19(20-3-2-12-29-20)26(24-18)21(27)14-25-10-8-17(9-11-25)22(23)28/h2-7,12,17,19H,8-11,13-14H2,1H3,(H2,23,28)/p+1/t19-/m1/s1. The number of primary amides is 1. The number of quaternary nitrogens is 1. The highest BCUT2D eigenvalue weighted by Gasteiger charge is 2.37. The number of amides is 2. The van der Waals surface area contributed by atoms with E-state index in [9.17, 15) is 9.59 Å². The fraction of sp³-hybridized carbons (Fsp3) is 0.409. The molecule has 0 spiro atoms. The molecule has 7 heteroatoms. The van der Waals surface area contributed by atoms with Crippen molar-refractivity contribution in [1.29, 1.82) is 0 Å². The fourth-order valence-electron chi connectivity index (χ4n) is 4.15. The van der Waals surface area contributed by atoms with Crippen LogP contribution < -0.4 is 10.6 Å². The topological polar surface area (TPSA) is 93.3 Å². The van der Waals surface area contributed by atoms with Crippen molar-refractivity contribution in [2.45, 2.75) is 32.2 Å². The minimum Gasteiger partial charge on any atom is -0.467 e. The highest BCUT2D eigenvalue weighted by atomic mass is 16.3. The highest BCUT2D eigenvalue weighted by molar-refractivity contribution is 6.03. The van der Waals surface area contributed by atoms with Crippen molar-refractivity contribution in [1.82, 2.24) is 5.01 Å². The van der Waals surface area contributed by atoms with E-state index in [-0.39, 0.29) is 23.8 Å². The second-order valence-electron chi connectivity index (χ2n) is 7.99. The van der Waals surface area contributed by atoms with Crippen molar-refractivity contribution in [3.8, 4) is 0 Å². The molecule has 1 aromatic heterocycles. The van der Waals surface area contributed by atoms with E-state index in [2.05, 4.69) is 17.2 Å². The van der Waals surface area contributed by atoms with Gasteiger partial charge in [0.05, 0.1) is 25.1 Å². The van der Waals surface area contributed by atoms with Crippen LogP contribution in [0.4, 0.5) is 0 Å². The van der Waals surface area contributed by atoms with E-state index in [1.165, 1.54) is 10.5 Å². The van der Waals surface area contributed by atoms with Crippen molar-refractivity contribution in [3.05, 3.63) is 59.5 Å². The lowest BCUT2D eigenvalue weighted by atomic mass is 9.96. The van der Waals surface area contributed by atoms with Crippen LogP contribution in [0.3, 0.4) is 0 Å². The Labute approximate surface area is 170 Å². The molecule has 2 aromatic rings. The number of furan rings is 1. The molecule has 0 radical (unpaired) electrons. The van der Waals surface area contributed by atoms with Gasteiger partial charge in [-0.1, -0.05) is 29.8 Å². The number of hydrogen-bond donors (Lipinski definition) is 2. The van der Waals surface area contributed by atoms with Crippen molar-refractivity contribution in [2.75, 3.05) is 19.6 Å². The maximum Gasteiger partial charge on any atom is 0.298 e. The van der Waals surface area contributed by atoms with E-state index < -0.39 is 0 Å². The van der Waals surface area contributed by atoms with Crippen LogP contribution >= 0.6 is 0 Å². The number of nitrogens with one attached hydrogen (secondary N) is 1. The molecule has 2 aliphatic heterocycles. The van der Waals surface area contributed by atoms with E-state index in [4.69, 9.17) is 10.2 Å². The van der Waals surface area contributed by atoms with Crippen LogP contribution in [-0.4, -0.2) is 42.2 Å². The zero-order chi connectivity index (χ0) is 20.4. The summed E-state index contributed by atoms with van der Waals surface area (Å²) in [4.78, 5) is 25.7. The number of carbonyl (C=O) groups is 2. The zero-order valence-electron chi connectivity index (χ0n) is 16.6. The summed E-state index contributed by atoms with van der Waals surface area (Å²) >= 11 is 0. The summed E-state index contributed by atoms with van der Waals surface area (Å²) in [5.41, 5.74) is 8.52. The van der Waals surface area contributed by atoms with E-state index in [0.29, 0.717) is 13.0 Å². The third kappa shape index (κ3) is 4.24. The van der Waals surface area contributed by atoms with Gasteiger partial charge in [0, 0.05) is 25.2 Å². The summed E-state index contributed by atoms with van der Waals surface area (Å²) in [7, 11) is 0. The minimum atomic E-state index is -0.236. The third-order valence-electron chi connectivity index (χ3n) is 5.92. The monoisotopic (exact) mass is 395 g/mol. The fourth-order valence-corrected chi connectivity index (χ4v) is 4.15. The van der Waals surface area contributed by atoms with Gasteiger partial charge in [-0.3, -0.25) is 9.59 Å². The Morgan fingerprint density at radius 1 is 1.21 bits per heavy atom. The van der Waals surface area contributed by atoms with Crippen molar-refractivity contribution < 1.29 is 18.9 Å². The molecule has 2 amide bonds. The molecule has 7 nitrogen and oxygen atoms in total. The lowest BCUT2D eigenvalue weighted by Gasteiger charge is -2.28. The van der Waals surface area contributed by atoms with Gasteiger partial charge < -0.3 is 15.1 Å². The maximum absolute atomic E-state index is 13.1. The Kier molecular flexibility index (Phi) is 5.49. The molecule has 3 heterocycles. The summed E-state index contributed by atoms with van der Waals surface area (Å²) in [6.45, 7) is 3.94. The Balaban J connectivity index is 1.49. The van der Waals surface area contributed by atoms with Gasteiger partial charge in [-0.25, -0.2) is 5.01 Å². The quantitative estimate of drug-likeness (QED) is 0.792. The molecule has 3 N–H and O–H groups in total. The Morgan fingerprint density at radius 3 is 2.55 bits per heavy atom. The lowest BCUT2D eigenvalue weighted by Crippen LogP contribution is -3.14. The van der Waals surface area contributed by atoms with Crippen LogP contribution in [0.2, 0.25) is 0 Å². The van der Waals surface area contributed by atoms with Crippen LogP contribution in [-0.2, 0) is 9.59 Å². The van der Waals surface area contributed by atoms with Crippen LogP contribution in [0.5, 0.6) is 0 Å². The van der Waals surface area contributed by atoms with Gasteiger partial charge >= 0.3 is 0 Å². The van der Waals surface area contributed by atoms with Crippen molar-refractivity contribution >= 4 is 17.5 Å². The van der Waals surface area contributed by atoms with Gasteiger partial charge in [0.25, 0.3) is 5.91 Å². The summed E-state index contributed by atoms with van der Waals surface area (Å²) in [5, 5.41) is 6.27. The molecule has 1 atom stereocenters. The maximum atomic E-state index is 13.1. The van der Waals surface area contributed by atoms with Gasteiger partial charge in [-0.05, 0) is 24.6 Å². The number of piperidine rings is 1. The Hall–Kier alpha value is -2.93. The number of hydrogen-bond acceptors (Lipinski definition) is 4. The number of hydrazone groups is 1. The first-order chi connectivity index (χ1) is 14.0. The van der Waals surface area contributed by atoms with E-state index in [1.807, 2.05) is 31.2 Å². The number of likely N-dealkylation sites (tertiary alicyclic amines) is 1. The summed E-state index contributed by atoms with van der Waals surface area (Å²) in [6, 6.07) is 11.7. The molecule has 4 rings (SSSR count). The molecule has 1 saturated heterocycles. The highest BCUT2D eigenvalue weighted by Crippen LogP contribution is 2.32. The first-order valence-electron chi connectivity index (χ1n) is 10.1. The molecule has 0 aliphatic carbocycles. The first kappa shape index (κ1) is 19.4. The number of benzene rings is 1. The molecule has 1 aromatic carbocycles. The van der Waals surface area contributed by atoms with Crippen molar-refractivity contribution in [2.24, 2.45) is 16.8 Å². The first-order valence-corrected chi connectivity index (χ1v) is 10.1. The van der Waals surface area contributed by atoms with Gasteiger partial charge in [0.15, 0.2) is 6.54 Å². The van der Waals surface area contributed by atoms with E-state index in [1.54, 1.807) is 11.3 Å². The third-order valence-corrected chi connectivity index (χ3v) is 5.92. The molecule has 1 fully saturated rings. The number of nitrogens with zero attached hydrogens (tertiary/aromatic N) is 2. The molecule has 152 valence electrons. The van der Waals surface area contributed by atoms with Crippen LogP contribution in [0.1, 0.15) is 42.2 Å². The smallest absolute Gasteiger partial charge is 0.298 e. The number of aryl methyl sites for hydroxylation is 1. The van der Waals surface area contributed by atoms with E-state index >= 15 is 0 Å². The molecule has 0 saturated carbocycles. The molecular formula is C22H27N4O3+. The number of carbonyl (C=O) groups excluding carboxylic acids is 2. The van der Waals surface area contributed by atoms with Crippen LogP contribution in [0.15, 0.2) is 52.2 Å². The molecule has 2 aliphatic rings. The predicted octanol–water partition coefficient (Wildman–Crippen LogP) is 1.05. The van der Waals surface area contributed by atoms with Crippen LogP contribution in [0, 0.1) is 12.8 Å². The summed E-state index contributed by atoms with van der Waals surface area (Å²) in [6.07, 6.45) is 3.72. The molecule has 0 bridgehead atoms. The largest absolute Gasteiger partial charge is 0.467 e. The average Bonchev–Trinajstić information content (AvgIpc) is 3.39. The molecular weight excluding hydrogens is 368 g/mol. The van der Waals surface area contributed by atoms with Gasteiger partial charge in [0.1, 0.15) is 11.8 Å². The number of nitrogens with two attached hydrogens (primary N) is 1. The second kappa shape index (κ2) is 8.21. The lowest BCUT2D eigenvalue weighted by molar-refractivity contribution is -0.898. The van der Waals surface area contributed by atoms with Gasteiger partial charge in [0.2, 0.25) is 5.91 Å². The zero-order valence-corrected chi connectivity index (χ0v) is 16.6. The Bertz CT molecular complexity index is 897. The predicted molar refractivity (Wildman–Crippen MR) is 108 cm³/mol. The van der Waals surface area contributed by atoms with Gasteiger partial charge in [-0.15, -0.1) is 0 Å². The summed E-state index contributed by atoms with van der Waals surface area (Å²) < 4.78 is 5.61. The van der Waals surface area contributed by atoms with Gasteiger partial charge in [-0.2, -0.15) is 5.10 Å². The number of rotatable bonds is 5. The van der Waals surface area contributed by atoms with E-state index in [0.717, 1.165) is 43.0 Å². The van der Waals surface area contributed by atoms with Crippen molar-refractivity contribution in [3.63, 3.8) is 0 Å². The minimum absolute atomic E-state index is 0.0268. The van der Waals surface area contributed by atoms with Crippen LogP contribution in [0.25, 0.3) is 0 Å².